The van der Waals surface area contributed by atoms with Crippen molar-refractivity contribution >= 4 is 17.1 Å². The third-order valence-corrected chi connectivity index (χ3v) is 2.46. The van der Waals surface area contributed by atoms with Crippen molar-refractivity contribution in [2.75, 3.05) is 6.61 Å². The predicted molar refractivity (Wildman–Crippen MR) is 65.1 cm³/mol. The normalized spacial score (nSPS) is 10.3. The molecule has 2 rings (SSSR count). The maximum Gasteiger partial charge on any atom is 0.150 e. The first-order valence-corrected chi connectivity index (χ1v) is 5.46. The highest BCUT2D eigenvalue weighted by Gasteiger charge is 2.02. The maximum atomic E-state index is 10.7. The minimum absolute atomic E-state index is 0.681. The largest absolute Gasteiger partial charge is 0.493 e. The average Bonchev–Trinajstić information content (AvgIpc) is 2.35. The van der Waals surface area contributed by atoms with Crippen LogP contribution in [0.25, 0.3) is 10.8 Å². The van der Waals surface area contributed by atoms with Gasteiger partial charge in [-0.1, -0.05) is 31.2 Å². The quantitative estimate of drug-likeness (QED) is 0.729. The lowest BCUT2D eigenvalue weighted by atomic mass is 10.1. The van der Waals surface area contributed by atoms with Crippen molar-refractivity contribution in [3.05, 3.63) is 42.0 Å². The van der Waals surface area contributed by atoms with Crippen LogP contribution in [0, 0.1) is 0 Å². The molecule has 0 saturated carbocycles. The van der Waals surface area contributed by atoms with Crippen LogP contribution < -0.4 is 4.74 Å². The van der Waals surface area contributed by atoms with E-state index in [1.54, 1.807) is 0 Å². The summed E-state index contributed by atoms with van der Waals surface area (Å²) in [4.78, 5) is 10.7. The Balaban J connectivity index is 2.50. The Morgan fingerprint density at radius 2 is 2.12 bits per heavy atom. The topological polar surface area (TPSA) is 26.3 Å². The molecule has 0 aliphatic rings. The van der Waals surface area contributed by atoms with Crippen LogP contribution in [0.2, 0.25) is 0 Å². The predicted octanol–water partition coefficient (Wildman–Crippen LogP) is 3.44. The summed E-state index contributed by atoms with van der Waals surface area (Å²) in [6, 6.07) is 11.5. The van der Waals surface area contributed by atoms with E-state index < -0.39 is 0 Å². The van der Waals surface area contributed by atoms with Gasteiger partial charge in [-0.25, -0.2) is 0 Å². The number of carbonyl (C=O) groups is 1. The lowest BCUT2D eigenvalue weighted by Gasteiger charge is -2.08. The molecule has 2 nitrogen and oxygen atoms in total. The molecular weight excluding hydrogens is 200 g/mol. The van der Waals surface area contributed by atoms with E-state index in [4.69, 9.17) is 4.74 Å². The van der Waals surface area contributed by atoms with Gasteiger partial charge in [-0.15, -0.1) is 0 Å². The zero-order valence-electron chi connectivity index (χ0n) is 9.27. The molecule has 0 fully saturated rings. The fourth-order valence-corrected chi connectivity index (χ4v) is 1.67. The van der Waals surface area contributed by atoms with E-state index in [0.29, 0.717) is 12.2 Å². The number of rotatable bonds is 4. The van der Waals surface area contributed by atoms with Crippen LogP contribution in [-0.4, -0.2) is 12.9 Å². The van der Waals surface area contributed by atoms with E-state index in [2.05, 4.69) is 6.92 Å². The Morgan fingerprint density at radius 3 is 2.88 bits per heavy atom. The molecule has 0 radical (unpaired) electrons. The lowest BCUT2D eigenvalue weighted by molar-refractivity contribution is 0.112. The minimum Gasteiger partial charge on any atom is -0.493 e. The van der Waals surface area contributed by atoms with Crippen molar-refractivity contribution < 1.29 is 9.53 Å². The van der Waals surface area contributed by atoms with Crippen LogP contribution in [0.5, 0.6) is 5.75 Å². The number of hydrogen-bond acceptors (Lipinski definition) is 2. The molecule has 0 spiro atoms. The van der Waals surface area contributed by atoms with Crippen LogP contribution in [-0.2, 0) is 0 Å². The van der Waals surface area contributed by atoms with Crippen molar-refractivity contribution in [2.24, 2.45) is 0 Å². The highest BCUT2D eigenvalue weighted by Crippen LogP contribution is 2.26. The Kier molecular flexibility index (Phi) is 3.20. The summed E-state index contributed by atoms with van der Waals surface area (Å²) in [5, 5.41) is 2.10. The monoisotopic (exact) mass is 214 g/mol. The molecule has 2 heteroatoms. The summed E-state index contributed by atoms with van der Waals surface area (Å²) in [5.74, 6) is 0.850. The van der Waals surface area contributed by atoms with Crippen molar-refractivity contribution in [1.82, 2.24) is 0 Å². The highest BCUT2D eigenvalue weighted by molar-refractivity contribution is 5.92. The third kappa shape index (κ3) is 2.06. The molecule has 0 atom stereocenters. The van der Waals surface area contributed by atoms with Crippen molar-refractivity contribution in [1.29, 1.82) is 0 Å². The second-order valence-electron chi connectivity index (χ2n) is 3.70. The van der Waals surface area contributed by atoms with Gasteiger partial charge in [0.05, 0.1) is 6.61 Å². The number of benzene rings is 2. The molecular formula is C14H14O2. The second kappa shape index (κ2) is 4.79. The van der Waals surface area contributed by atoms with Gasteiger partial charge in [0.15, 0.2) is 0 Å². The molecule has 0 aliphatic heterocycles. The molecule has 0 amide bonds. The molecule has 16 heavy (non-hydrogen) atoms. The second-order valence-corrected chi connectivity index (χ2v) is 3.70. The van der Waals surface area contributed by atoms with Gasteiger partial charge in [-0.05, 0) is 23.9 Å². The number of carbonyl (C=O) groups excluding carboxylic acids is 1. The lowest BCUT2D eigenvalue weighted by Crippen LogP contribution is -1.95. The van der Waals surface area contributed by atoms with Crippen LogP contribution in [0.15, 0.2) is 36.4 Å². The third-order valence-electron chi connectivity index (χ3n) is 2.46. The molecule has 2 aromatic rings. The molecule has 2 aromatic carbocycles. The molecule has 0 saturated heterocycles. The highest BCUT2D eigenvalue weighted by atomic mass is 16.5. The summed E-state index contributed by atoms with van der Waals surface area (Å²) in [6.07, 6.45) is 1.83. The Hall–Kier alpha value is -1.83. The van der Waals surface area contributed by atoms with Gasteiger partial charge in [0, 0.05) is 10.9 Å². The number of fused-ring (bicyclic) bond motifs is 1. The van der Waals surface area contributed by atoms with Gasteiger partial charge in [0.2, 0.25) is 0 Å². The van der Waals surface area contributed by atoms with Gasteiger partial charge in [-0.2, -0.15) is 0 Å². The van der Waals surface area contributed by atoms with E-state index in [-0.39, 0.29) is 0 Å². The summed E-state index contributed by atoms with van der Waals surface area (Å²) in [5.41, 5.74) is 0.681. The van der Waals surface area contributed by atoms with Crippen LogP contribution >= 0.6 is 0 Å². The number of aldehydes is 1. The SMILES string of the molecule is CCCOc1cccc2ccc(C=O)cc12. The fraction of sp³-hybridized carbons (Fsp3) is 0.214. The Bertz CT molecular complexity index is 503. The summed E-state index contributed by atoms with van der Waals surface area (Å²) in [7, 11) is 0. The molecule has 0 bridgehead atoms. The van der Waals surface area contributed by atoms with Gasteiger partial charge >= 0.3 is 0 Å². The standard InChI is InChI=1S/C14H14O2/c1-2-8-16-14-5-3-4-12-7-6-11(10-15)9-13(12)14/h3-7,9-10H,2,8H2,1H3. The smallest absolute Gasteiger partial charge is 0.150 e. The summed E-state index contributed by atoms with van der Waals surface area (Å²) >= 11 is 0. The number of ether oxygens (including phenoxy) is 1. The molecule has 0 heterocycles. The summed E-state index contributed by atoms with van der Waals surface area (Å²) in [6.45, 7) is 2.77. The van der Waals surface area contributed by atoms with Gasteiger partial charge in [0.1, 0.15) is 12.0 Å². The van der Waals surface area contributed by atoms with E-state index in [9.17, 15) is 4.79 Å². The first kappa shape index (κ1) is 10.7. The van der Waals surface area contributed by atoms with Gasteiger partial charge in [-0.3, -0.25) is 4.79 Å². The van der Waals surface area contributed by atoms with E-state index in [1.165, 1.54) is 0 Å². The Morgan fingerprint density at radius 1 is 1.25 bits per heavy atom. The first-order valence-electron chi connectivity index (χ1n) is 5.46. The molecule has 0 N–H and O–H groups in total. The zero-order valence-corrected chi connectivity index (χ0v) is 9.27. The number of hydrogen-bond donors (Lipinski definition) is 0. The van der Waals surface area contributed by atoms with Crippen LogP contribution in [0.1, 0.15) is 23.7 Å². The van der Waals surface area contributed by atoms with Crippen LogP contribution in [0.3, 0.4) is 0 Å². The molecule has 0 unspecified atom stereocenters. The molecule has 0 aromatic heterocycles. The van der Waals surface area contributed by atoms with E-state index in [0.717, 1.165) is 29.2 Å². The van der Waals surface area contributed by atoms with Gasteiger partial charge < -0.3 is 4.74 Å². The van der Waals surface area contributed by atoms with Crippen LogP contribution in [0.4, 0.5) is 0 Å². The van der Waals surface area contributed by atoms with E-state index in [1.807, 2.05) is 36.4 Å². The minimum atomic E-state index is 0.681. The van der Waals surface area contributed by atoms with E-state index >= 15 is 0 Å². The molecule has 0 aliphatic carbocycles. The zero-order chi connectivity index (χ0) is 11.4. The fourth-order valence-electron chi connectivity index (χ4n) is 1.67. The maximum absolute atomic E-state index is 10.7. The Labute approximate surface area is 94.8 Å². The van der Waals surface area contributed by atoms with Crippen molar-refractivity contribution in [2.45, 2.75) is 13.3 Å². The van der Waals surface area contributed by atoms with Gasteiger partial charge in [0.25, 0.3) is 0 Å². The average molecular weight is 214 g/mol. The summed E-state index contributed by atoms with van der Waals surface area (Å²) < 4.78 is 5.65. The first-order chi connectivity index (χ1) is 7.85. The van der Waals surface area contributed by atoms with Crippen molar-refractivity contribution in [3.8, 4) is 5.75 Å². The molecule has 82 valence electrons. The van der Waals surface area contributed by atoms with Crippen molar-refractivity contribution in [3.63, 3.8) is 0 Å².